The van der Waals surface area contributed by atoms with Crippen LogP contribution in [0, 0.1) is 0 Å². The summed E-state index contributed by atoms with van der Waals surface area (Å²) in [7, 11) is 0. The molecule has 1 atom stereocenters. The van der Waals surface area contributed by atoms with Gasteiger partial charge in [0.05, 0.1) is 11.4 Å². The van der Waals surface area contributed by atoms with E-state index in [9.17, 15) is 4.79 Å². The van der Waals surface area contributed by atoms with E-state index in [1.165, 1.54) is 0 Å². The predicted molar refractivity (Wildman–Crippen MR) is 62.7 cm³/mol. The summed E-state index contributed by atoms with van der Waals surface area (Å²) in [5, 5.41) is 0. The summed E-state index contributed by atoms with van der Waals surface area (Å²) in [6.45, 7) is 0.238. The van der Waals surface area contributed by atoms with E-state index >= 15 is 0 Å². The molecule has 0 aromatic heterocycles. The standard InChI is InChI=1S/C10H12ClNO2.ClH/c11-6-9(7-12)14-10(13)8-4-2-1-3-5-8;/h1-5,9H,6-7,12H2;1H. The molecule has 0 amide bonds. The van der Waals surface area contributed by atoms with E-state index in [0.717, 1.165) is 0 Å². The Morgan fingerprint density at radius 3 is 2.47 bits per heavy atom. The summed E-state index contributed by atoms with van der Waals surface area (Å²) in [5.74, 6) is -0.170. The van der Waals surface area contributed by atoms with Crippen molar-refractivity contribution < 1.29 is 9.53 Å². The van der Waals surface area contributed by atoms with Gasteiger partial charge in [-0.3, -0.25) is 0 Å². The van der Waals surface area contributed by atoms with Crippen molar-refractivity contribution in [3.05, 3.63) is 35.9 Å². The summed E-state index contributed by atoms with van der Waals surface area (Å²) < 4.78 is 5.04. The molecule has 2 N–H and O–H groups in total. The first kappa shape index (κ1) is 14.2. The number of rotatable bonds is 4. The molecular formula is C10H13Cl2NO2. The quantitative estimate of drug-likeness (QED) is 0.655. The fraction of sp³-hybridized carbons (Fsp3) is 0.300. The molecule has 0 heterocycles. The maximum Gasteiger partial charge on any atom is 0.338 e. The predicted octanol–water partition coefficient (Wildman–Crippen LogP) is 1.83. The van der Waals surface area contributed by atoms with E-state index in [1.807, 2.05) is 6.07 Å². The lowest BCUT2D eigenvalue weighted by Crippen LogP contribution is -2.28. The molecule has 0 radical (unpaired) electrons. The normalized spacial score (nSPS) is 11.3. The molecule has 1 unspecified atom stereocenters. The number of hydrogen-bond acceptors (Lipinski definition) is 3. The number of esters is 1. The third kappa shape index (κ3) is 4.51. The third-order valence-electron chi connectivity index (χ3n) is 1.72. The number of alkyl halides is 1. The molecule has 3 nitrogen and oxygen atoms in total. The van der Waals surface area contributed by atoms with E-state index in [1.54, 1.807) is 24.3 Å². The first-order valence-electron chi connectivity index (χ1n) is 4.30. The van der Waals surface area contributed by atoms with Crippen LogP contribution in [0.25, 0.3) is 0 Å². The smallest absolute Gasteiger partial charge is 0.338 e. The molecule has 5 heteroatoms. The van der Waals surface area contributed by atoms with Gasteiger partial charge in [-0.05, 0) is 12.1 Å². The van der Waals surface area contributed by atoms with Crippen molar-refractivity contribution in [2.45, 2.75) is 6.10 Å². The van der Waals surface area contributed by atoms with Crippen LogP contribution >= 0.6 is 24.0 Å². The highest BCUT2D eigenvalue weighted by Gasteiger charge is 2.12. The molecule has 84 valence electrons. The minimum atomic E-state index is -0.413. The van der Waals surface area contributed by atoms with Gasteiger partial charge in [0.15, 0.2) is 0 Å². The Hall–Kier alpha value is -0.770. The molecule has 0 saturated heterocycles. The highest BCUT2D eigenvalue weighted by molar-refractivity contribution is 6.18. The second-order valence-electron chi connectivity index (χ2n) is 2.78. The molecule has 15 heavy (non-hydrogen) atoms. The van der Waals surface area contributed by atoms with Crippen LogP contribution in [0.15, 0.2) is 30.3 Å². The van der Waals surface area contributed by atoms with Gasteiger partial charge in [0, 0.05) is 6.54 Å². The van der Waals surface area contributed by atoms with Crippen LogP contribution in [0.2, 0.25) is 0 Å². The van der Waals surface area contributed by atoms with Crippen molar-refractivity contribution in [1.82, 2.24) is 0 Å². The minimum absolute atomic E-state index is 0. The lowest BCUT2D eigenvalue weighted by Gasteiger charge is -2.12. The van der Waals surface area contributed by atoms with Crippen LogP contribution in [0.3, 0.4) is 0 Å². The average Bonchev–Trinajstić information content (AvgIpc) is 2.26. The minimum Gasteiger partial charge on any atom is -0.456 e. The van der Waals surface area contributed by atoms with Crippen LogP contribution in [0.4, 0.5) is 0 Å². The maximum atomic E-state index is 11.4. The van der Waals surface area contributed by atoms with Crippen molar-refractivity contribution >= 4 is 30.0 Å². The maximum absolute atomic E-state index is 11.4. The van der Waals surface area contributed by atoms with Crippen LogP contribution in [-0.2, 0) is 4.74 Å². The molecular weight excluding hydrogens is 237 g/mol. The van der Waals surface area contributed by atoms with Gasteiger partial charge in [-0.2, -0.15) is 0 Å². The number of carbonyl (C=O) groups is 1. The Bertz CT molecular complexity index is 289. The Balaban J connectivity index is 0.00000196. The van der Waals surface area contributed by atoms with Crippen LogP contribution in [-0.4, -0.2) is 24.5 Å². The second-order valence-corrected chi connectivity index (χ2v) is 3.09. The first-order valence-corrected chi connectivity index (χ1v) is 4.83. The zero-order valence-corrected chi connectivity index (χ0v) is 9.63. The van der Waals surface area contributed by atoms with Gasteiger partial charge < -0.3 is 10.5 Å². The second kappa shape index (κ2) is 7.51. The van der Waals surface area contributed by atoms with Crippen LogP contribution < -0.4 is 5.73 Å². The fourth-order valence-corrected chi connectivity index (χ4v) is 1.13. The molecule has 1 aromatic rings. The fourth-order valence-electron chi connectivity index (χ4n) is 0.936. The highest BCUT2D eigenvalue weighted by atomic mass is 35.5. The van der Waals surface area contributed by atoms with Gasteiger partial charge in [0.1, 0.15) is 6.10 Å². The molecule has 1 aromatic carbocycles. The zero-order chi connectivity index (χ0) is 10.4. The van der Waals surface area contributed by atoms with E-state index < -0.39 is 6.10 Å². The monoisotopic (exact) mass is 249 g/mol. The van der Waals surface area contributed by atoms with E-state index in [0.29, 0.717) is 5.56 Å². The number of benzene rings is 1. The highest BCUT2D eigenvalue weighted by Crippen LogP contribution is 2.04. The molecule has 1 rings (SSSR count). The van der Waals surface area contributed by atoms with Gasteiger partial charge in [-0.25, -0.2) is 4.79 Å². The molecule has 0 aliphatic carbocycles. The topological polar surface area (TPSA) is 52.3 Å². The Morgan fingerprint density at radius 2 is 2.00 bits per heavy atom. The van der Waals surface area contributed by atoms with Gasteiger partial charge in [-0.15, -0.1) is 24.0 Å². The first-order chi connectivity index (χ1) is 6.77. The summed E-state index contributed by atoms with van der Waals surface area (Å²) in [4.78, 5) is 11.4. The summed E-state index contributed by atoms with van der Waals surface area (Å²) in [6.07, 6.45) is -0.413. The van der Waals surface area contributed by atoms with Gasteiger partial charge in [0.25, 0.3) is 0 Å². The van der Waals surface area contributed by atoms with Crippen molar-refractivity contribution in [2.75, 3.05) is 12.4 Å². The Labute approximate surface area is 100.0 Å². The molecule has 0 spiro atoms. The van der Waals surface area contributed by atoms with Crippen LogP contribution in [0.5, 0.6) is 0 Å². The van der Waals surface area contributed by atoms with Crippen molar-refractivity contribution in [2.24, 2.45) is 5.73 Å². The number of hydrogen-bond donors (Lipinski definition) is 1. The van der Waals surface area contributed by atoms with E-state index in [-0.39, 0.29) is 30.8 Å². The van der Waals surface area contributed by atoms with Crippen molar-refractivity contribution in [3.8, 4) is 0 Å². The van der Waals surface area contributed by atoms with Gasteiger partial charge in [0.2, 0.25) is 0 Å². The van der Waals surface area contributed by atoms with Gasteiger partial charge in [-0.1, -0.05) is 18.2 Å². The van der Waals surface area contributed by atoms with E-state index in [4.69, 9.17) is 22.1 Å². The van der Waals surface area contributed by atoms with Crippen molar-refractivity contribution in [3.63, 3.8) is 0 Å². The molecule has 0 aliphatic heterocycles. The molecule has 0 bridgehead atoms. The number of ether oxygens (including phenoxy) is 1. The lowest BCUT2D eigenvalue weighted by atomic mass is 10.2. The van der Waals surface area contributed by atoms with Gasteiger partial charge >= 0.3 is 5.97 Å². The largest absolute Gasteiger partial charge is 0.456 e. The zero-order valence-electron chi connectivity index (χ0n) is 8.06. The summed E-state index contributed by atoms with van der Waals surface area (Å²) in [5.41, 5.74) is 5.86. The lowest BCUT2D eigenvalue weighted by molar-refractivity contribution is 0.0365. The molecule has 0 aliphatic rings. The van der Waals surface area contributed by atoms with Crippen LogP contribution in [0.1, 0.15) is 10.4 Å². The average molecular weight is 250 g/mol. The Kier molecular flexibility index (Phi) is 7.13. The molecule has 0 saturated carbocycles. The number of halogens is 2. The number of carbonyl (C=O) groups excluding carboxylic acids is 1. The van der Waals surface area contributed by atoms with E-state index in [2.05, 4.69) is 0 Å². The third-order valence-corrected chi connectivity index (χ3v) is 2.06. The Morgan fingerprint density at radius 1 is 1.40 bits per heavy atom. The number of nitrogens with two attached hydrogens (primary N) is 1. The summed E-state index contributed by atoms with van der Waals surface area (Å²) >= 11 is 5.54. The van der Waals surface area contributed by atoms with Crippen molar-refractivity contribution in [1.29, 1.82) is 0 Å². The summed E-state index contributed by atoms with van der Waals surface area (Å²) in [6, 6.07) is 8.75. The molecule has 0 fully saturated rings. The SMILES string of the molecule is Cl.NCC(CCl)OC(=O)c1ccccc1.